The number of rotatable bonds is 4. The Hall–Kier alpha value is -0.860. The van der Waals surface area contributed by atoms with Gasteiger partial charge in [-0.15, -0.1) is 0 Å². The van der Waals surface area contributed by atoms with Crippen LogP contribution in [-0.2, 0) is 5.41 Å². The van der Waals surface area contributed by atoms with Gasteiger partial charge in [0.05, 0.1) is 0 Å². The van der Waals surface area contributed by atoms with Gasteiger partial charge in [0, 0.05) is 11.3 Å². The van der Waals surface area contributed by atoms with E-state index in [4.69, 9.17) is 4.52 Å². The quantitative estimate of drug-likeness (QED) is 0.761. The van der Waals surface area contributed by atoms with Crippen LogP contribution in [0.1, 0.15) is 70.5 Å². The molecular weight excluding hydrogens is 188 g/mol. The van der Waals surface area contributed by atoms with Crippen LogP contribution >= 0.6 is 0 Å². The molecule has 1 aliphatic rings. The summed E-state index contributed by atoms with van der Waals surface area (Å²) in [6, 6.07) is 0. The highest BCUT2D eigenvalue weighted by atomic mass is 16.5. The topological polar surface area (TPSA) is 38.9 Å². The molecule has 0 bridgehead atoms. The van der Waals surface area contributed by atoms with Gasteiger partial charge in [0.15, 0.2) is 5.82 Å². The Morgan fingerprint density at radius 1 is 1.33 bits per heavy atom. The van der Waals surface area contributed by atoms with Crippen molar-refractivity contribution in [3.05, 3.63) is 11.7 Å². The standard InChI is InChI=1S/C12H20N2O/c1-4-12(3,5-2)11-13-10(14-15-11)9-7-6-8-9/h9H,4-8H2,1-3H3. The molecule has 15 heavy (non-hydrogen) atoms. The van der Waals surface area contributed by atoms with Gasteiger partial charge in [0.25, 0.3) is 0 Å². The lowest BCUT2D eigenvalue weighted by Crippen LogP contribution is -2.20. The number of nitrogens with zero attached hydrogens (tertiary/aromatic N) is 2. The van der Waals surface area contributed by atoms with Gasteiger partial charge in [-0.1, -0.05) is 32.3 Å². The molecule has 3 nitrogen and oxygen atoms in total. The van der Waals surface area contributed by atoms with Crippen LogP contribution in [0.15, 0.2) is 4.52 Å². The fraction of sp³-hybridized carbons (Fsp3) is 0.833. The first-order valence-corrected chi connectivity index (χ1v) is 6.03. The fourth-order valence-corrected chi connectivity index (χ4v) is 1.86. The first-order chi connectivity index (χ1) is 7.19. The minimum atomic E-state index is 0.0645. The molecule has 1 aliphatic carbocycles. The lowest BCUT2D eigenvalue weighted by Gasteiger charge is -2.22. The highest BCUT2D eigenvalue weighted by Gasteiger charge is 2.31. The Kier molecular flexibility index (Phi) is 2.81. The van der Waals surface area contributed by atoms with Crippen LogP contribution in [0.3, 0.4) is 0 Å². The SMILES string of the molecule is CCC(C)(CC)c1nc(C2CCC2)no1. The molecule has 0 amide bonds. The highest BCUT2D eigenvalue weighted by molar-refractivity contribution is 5.06. The first kappa shape index (κ1) is 10.7. The molecule has 1 heterocycles. The van der Waals surface area contributed by atoms with Gasteiger partial charge in [0.2, 0.25) is 5.89 Å². The molecule has 0 unspecified atom stereocenters. The van der Waals surface area contributed by atoms with Gasteiger partial charge in [-0.05, 0) is 25.7 Å². The smallest absolute Gasteiger partial charge is 0.232 e. The lowest BCUT2D eigenvalue weighted by molar-refractivity contribution is 0.275. The second-order valence-corrected chi connectivity index (χ2v) is 4.85. The third-order valence-electron chi connectivity index (χ3n) is 3.99. The summed E-state index contributed by atoms with van der Waals surface area (Å²) < 4.78 is 5.41. The van der Waals surface area contributed by atoms with Crippen molar-refractivity contribution in [1.82, 2.24) is 10.1 Å². The Labute approximate surface area is 91.3 Å². The van der Waals surface area contributed by atoms with Crippen LogP contribution in [0, 0.1) is 0 Å². The predicted molar refractivity (Wildman–Crippen MR) is 58.8 cm³/mol. The molecule has 1 fully saturated rings. The third-order valence-corrected chi connectivity index (χ3v) is 3.99. The maximum Gasteiger partial charge on any atom is 0.232 e. The summed E-state index contributed by atoms with van der Waals surface area (Å²) in [7, 11) is 0. The van der Waals surface area contributed by atoms with E-state index in [-0.39, 0.29) is 5.41 Å². The van der Waals surface area contributed by atoms with E-state index in [1.165, 1.54) is 19.3 Å². The molecule has 0 N–H and O–H groups in total. The highest BCUT2D eigenvalue weighted by Crippen LogP contribution is 2.36. The van der Waals surface area contributed by atoms with Crippen molar-refractivity contribution < 1.29 is 4.52 Å². The maximum atomic E-state index is 5.41. The van der Waals surface area contributed by atoms with Gasteiger partial charge in [-0.25, -0.2) is 0 Å². The Morgan fingerprint density at radius 3 is 2.47 bits per heavy atom. The van der Waals surface area contributed by atoms with Crippen molar-refractivity contribution in [3.8, 4) is 0 Å². The van der Waals surface area contributed by atoms with E-state index in [0.29, 0.717) is 5.92 Å². The van der Waals surface area contributed by atoms with Gasteiger partial charge in [-0.2, -0.15) is 4.98 Å². The van der Waals surface area contributed by atoms with Gasteiger partial charge in [-0.3, -0.25) is 0 Å². The molecule has 84 valence electrons. The molecule has 0 aromatic carbocycles. The summed E-state index contributed by atoms with van der Waals surface area (Å²) in [6.45, 7) is 6.55. The average Bonchev–Trinajstić information content (AvgIpc) is 2.63. The molecular formula is C12H20N2O. The van der Waals surface area contributed by atoms with E-state index < -0.39 is 0 Å². The van der Waals surface area contributed by atoms with Crippen LogP contribution in [0.2, 0.25) is 0 Å². The molecule has 0 aliphatic heterocycles. The summed E-state index contributed by atoms with van der Waals surface area (Å²) in [6.07, 6.45) is 5.88. The van der Waals surface area contributed by atoms with Gasteiger partial charge >= 0.3 is 0 Å². The number of hydrogen-bond donors (Lipinski definition) is 0. The molecule has 1 aromatic heterocycles. The number of hydrogen-bond acceptors (Lipinski definition) is 3. The molecule has 2 rings (SSSR count). The molecule has 0 spiro atoms. The van der Waals surface area contributed by atoms with Crippen LogP contribution < -0.4 is 0 Å². The summed E-state index contributed by atoms with van der Waals surface area (Å²) in [5.74, 6) is 2.33. The Bertz CT molecular complexity index is 324. The normalized spacial score (nSPS) is 17.8. The van der Waals surface area contributed by atoms with Gasteiger partial charge < -0.3 is 4.52 Å². The van der Waals surface area contributed by atoms with Crippen LogP contribution in [0.25, 0.3) is 0 Å². The zero-order chi connectivity index (χ0) is 10.9. The van der Waals surface area contributed by atoms with Gasteiger partial charge in [0.1, 0.15) is 0 Å². The van der Waals surface area contributed by atoms with Crippen molar-refractivity contribution >= 4 is 0 Å². The predicted octanol–water partition coefficient (Wildman–Crippen LogP) is 3.41. The maximum absolute atomic E-state index is 5.41. The molecule has 1 saturated carbocycles. The number of aromatic nitrogens is 2. The van der Waals surface area contributed by atoms with E-state index >= 15 is 0 Å². The summed E-state index contributed by atoms with van der Waals surface area (Å²) in [5.41, 5.74) is 0.0645. The van der Waals surface area contributed by atoms with E-state index in [2.05, 4.69) is 30.9 Å². The zero-order valence-corrected chi connectivity index (χ0v) is 9.92. The lowest BCUT2D eigenvalue weighted by atomic mass is 9.83. The average molecular weight is 208 g/mol. The Balaban J connectivity index is 2.18. The van der Waals surface area contributed by atoms with Crippen LogP contribution in [0.5, 0.6) is 0 Å². The Morgan fingerprint density at radius 2 is 2.00 bits per heavy atom. The van der Waals surface area contributed by atoms with Crippen molar-refractivity contribution in [2.75, 3.05) is 0 Å². The summed E-state index contributed by atoms with van der Waals surface area (Å²) in [4.78, 5) is 4.57. The first-order valence-electron chi connectivity index (χ1n) is 6.03. The molecule has 3 heteroatoms. The second-order valence-electron chi connectivity index (χ2n) is 4.85. The minimum absolute atomic E-state index is 0.0645. The van der Waals surface area contributed by atoms with Crippen molar-refractivity contribution in [3.63, 3.8) is 0 Å². The third kappa shape index (κ3) is 1.80. The summed E-state index contributed by atoms with van der Waals surface area (Å²) in [5, 5.41) is 4.11. The van der Waals surface area contributed by atoms with Crippen molar-refractivity contribution in [1.29, 1.82) is 0 Å². The van der Waals surface area contributed by atoms with E-state index in [0.717, 1.165) is 24.6 Å². The monoisotopic (exact) mass is 208 g/mol. The van der Waals surface area contributed by atoms with E-state index in [9.17, 15) is 0 Å². The van der Waals surface area contributed by atoms with E-state index in [1.807, 2.05) is 0 Å². The minimum Gasteiger partial charge on any atom is -0.339 e. The molecule has 0 atom stereocenters. The van der Waals surface area contributed by atoms with Crippen LogP contribution in [-0.4, -0.2) is 10.1 Å². The van der Waals surface area contributed by atoms with Crippen LogP contribution in [0.4, 0.5) is 0 Å². The molecule has 0 radical (unpaired) electrons. The van der Waals surface area contributed by atoms with E-state index in [1.54, 1.807) is 0 Å². The van der Waals surface area contributed by atoms with Crippen molar-refractivity contribution in [2.24, 2.45) is 0 Å². The zero-order valence-electron chi connectivity index (χ0n) is 9.92. The summed E-state index contributed by atoms with van der Waals surface area (Å²) >= 11 is 0. The molecule has 0 saturated heterocycles. The second kappa shape index (κ2) is 3.95. The largest absolute Gasteiger partial charge is 0.339 e. The fourth-order valence-electron chi connectivity index (χ4n) is 1.86. The molecule has 1 aromatic rings. The van der Waals surface area contributed by atoms with Crippen molar-refractivity contribution in [2.45, 2.75) is 64.2 Å².